The van der Waals surface area contributed by atoms with E-state index in [0.717, 1.165) is 67.5 Å². The van der Waals surface area contributed by atoms with Gasteiger partial charge in [0, 0.05) is 46.2 Å². The number of hydrogen-bond acceptors (Lipinski definition) is 4. The molecule has 0 bridgehead atoms. The van der Waals surface area contributed by atoms with Crippen molar-refractivity contribution in [1.82, 2.24) is 25.0 Å². The summed E-state index contributed by atoms with van der Waals surface area (Å²) in [5.74, 6) is 3.05. The molecule has 28 heavy (non-hydrogen) atoms. The van der Waals surface area contributed by atoms with Crippen LogP contribution in [0.4, 0.5) is 5.69 Å². The number of nitrogens with one attached hydrogen (secondary N) is 1. The third-order valence-corrected chi connectivity index (χ3v) is 5.89. The Labute approximate surface area is 171 Å². The van der Waals surface area contributed by atoms with E-state index in [1.165, 1.54) is 19.3 Å². The first-order valence-corrected chi connectivity index (χ1v) is 10.5. The summed E-state index contributed by atoms with van der Waals surface area (Å²) in [5.41, 5.74) is 1.11. The number of guanidine groups is 1. The van der Waals surface area contributed by atoms with E-state index in [4.69, 9.17) is 11.6 Å². The fraction of sp³-hybridized carbons (Fsp3) is 0.550. The van der Waals surface area contributed by atoms with Gasteiger partial charge < -0.3 is 19.7 Å². The maximum absolute atomic E-state index is 6.35. The van der Waals surface area contributed by atoms with Crippen LogP contribution in [0.5, 0.6) is 0 Å². The lowest BCUT2D eigenvalue weighted by Crippen LogP contribution is -2.52. The Morgan fingerprint density at radius 1 is 1.07 bits per heavy atom. The van der Waals surface area contributed by atoms with Gasteiger partial charge in [-0.1, -0.05) is 30.2 Å². The fourth-order valence-corrected chi connectivity index (χ4v) is 4.29. The van der Waals surface area contributed by atoms with Crippen molar-refractivity contribution in [2.75, 3.05) is 38.1 Å². The highest BCUT2D eigenvalue weighted by atomic mass is 35.5. The first kappa shape index (κ1) is 19.1. The van der Waals surface area contributed by atoms with Gasteiger partial charge in [0.1, 0.15) is 5.82 Å². The van der Waals surface area contributed by atoms with Gasteiger partial charge in [0.05, 0.1) is 17.3 Å². The lowest BCUT2D eigenvalue weighted by atomic mass is 10.2. The molecule has 0 saturated carbocycles. The molecule has 0 unspecified atom stereocenters. The number of fused-ring (bicyclic) bond motifs is 1. The number of aromatic nitrogens is 3. The highest BCUT2D eigenvalue weighted by molar-refractivity contribution is 6.33. The normalized spacial score (nSPS) is 18.0. The summed E-state index contributed by atoms with van der Waals surface area (Å²) in [6, 6.07) is 8.04. The number of anilines is 1. The Morgan fingerprint density at radius 2 is 1.89 bits per heavy atom. The van der Waals surface area contributed by atoms with Gasteiger partial charge in [-0.3, -0.25) is 4.99 Å². The van der Waals surface area contributed by atoms with E-state index in [9.17, 15) is 0 Å². The van der Waals surface area contributed by atoms with Gasteiger partial charge in [0.25, 0.3) is 0 Å². The van der Waals surface area contributed by atoms with Gasteiger partial charge in [0.2, 0.25) is 0 Å². The summed E-state index contributed by atoms with van der Waals surface area (Å²) in [4.78, 5) is 9.12. The summed E-state index contributed by atoms with van der Waals surface area (Å²) in [6.07, 6.45) is 4.72. The van der Waals surface area contributed by atoms with Crippen LogP contribution in [0.25, 0.3) is 0 Å². The van der Waals surface area contributed by atoms with E-state index in [2.05, 4.69) is 40.9 Å². The summed E-state index contributed by atoms with van der Waals surface area (Å²) in [5, 5.41) is 13.1. The van der Waals surface area contributed by atoms with E-state index >= 15 is 0 Å². The maximum Gasteiger partial charge on any atom is 0.194 e. The van der Waals surface area contributed by atoms with Crippen LogP contribution < -0.4 is 10.2 Å². The minimum absolute atomic E-state index is 0.657. The zero-order valence-electron chi connectivity index (χ0n) is 16.4. The fourth-order valence-electron chi connectivity index (χ4n) is 4.03. The van der Waals surface area contributed by atoms with Gasteiger partial charge in [0.15, 0.2) is 11.8 Å². The zero-order chi connectivity index (χ0) is 19.3. The van der Waals surface area contributed by atoms with E-state index in [0.29, 0.717) is 6.54 Å². The van der Waals surface area contributed by atoms with Crippen LogP contribution in [0.2, 0.25) is 5.02 Å². The first-order chi connectivity index (χ1) is 13.8. The van der Waals surface area contributed by atoms with Crippen molar-refractivity contribution in [3.05, 3.63) is 40.9 Å². The standard InChI is InChI=1S/C20H28ClN7/c1-22-20(23-15-19-25-24-18-9-3-2-6-10-28(18)19)27-13-11-26(12-14-27)17-8-5-4-7-16(17)21/h4-5,7-8H,2-3,6,9-15H2,1H3,(H,22,23). The van der Waals surface area contributed by atoms with E-state index < -0.39 is 0 Å². The molecular weight excluding hydrogens is 374 g/mol. The van der Waals surface area contributed by atoms with Crippen LogP contribution in [0, 0.1) is 0 Å². The molecule has 0 amide bonds. The maximum atomic E-state index is 6.35. The SMILES string of the molecule is CN=C(NCc1nnc2n1CCCCC2)N1CCN(c2ccccc2Cl)CC1. The van der Waals surface area contributed by atoms with Crippen molar-refractivity contribution < 1.29 is 0 Å². The van der Waals surface area contributed by atoms with Crippen molar-refractivity contribution >= 4 is 23.2 Å². The zero-order valence-corrected chi connectivity index (χ0v) is 17.2. The number of hydrogen-bond donors (Lipinski definition) is 1. The Balaban J connectivity index is 1.35. The number of aryl methyl sites for hydroxylation is 1. The highest BCUT2D eigenvalue weighted by Gasteiger charge is 2.22. The summed E-state index contributed by atoms with van der Waals surface area (Å²) in [7, 11) is 1.84. The number of benzene rings is 1. The van der Waals surface area contributed by atoms with Gasteiger partial charge >= 0.3 is 0 Å². The van der Waals surface area contributed by atoms with Crippen LogP contribution in [0.3, 0.4) is 0 Å². The second kappa shape index (κ2) is 8.82. The molecule has 4 rings (SSSR count). The number of rotatable bonds is 3. The van der Waals surface area contributed by atoms with Crippen molar-refractivity contribution in [1.29, 1.82) is 0 Å². The smallest absolute Gasteiger partial charge is 0.194 e. The first-order valence-electron chi connectivity index (χ1n) is 10.1. The molecule has 1 aromatic heterocycles. The minimum Gasteiger partial charge on any atom is -0.367 e. The summed E-state index contributed by atoms with van der Waals surface area (Å²) >= 11 is 6.35. The molecule has 0 aliphatic carbocycles. The van der Waals surface area contributed by atoms with Crippen LogP contribution in [0.1, 0.15) is 30.9 Å². The molecule has 150 valence electrons. The molecule has 1 saturated heterocycles. The Bertz CT molecular complexity index is 824. The number of para-hydroxylation sites is 1. The second-order valence-electron chi connectivity index (χ2n) is 7.32. The predicted molar refractivity (Wildman–Crippen MR) is 113 cm³/mol. The molecule has 1 aromatic carbocycles. The van der Waals surface area contributed by atoms with E-state index in [1.807, 2.05) is 25.2 Å². The van der Waals surface area contributed by atoms with Crippen LogP contribution in [-0.2, 0) is 19.5 Å². The molecule has 0 radical (unpaired) electrons. The van der Waals surface area contributed by atoms with Crippen LogP contribution in [0.15, 0.2) is 29.3 Å². The van der Waals surface area contributed by atoms with Crippen molar-refractivity contribution in [2.45, 2.75) is 38.8 Å². The molecule has 7 nitrogen and oxygen atoms in total. The van der Waals surface area contributed by atoms with Crippen LogP contribution in [-0.4, -0.2) is 58.9 Å². The molecule has 1 N–H and O–H groups in total. The number of halogens is 1. The number of piperazine rings is 1. The molecule has 2 aliphatic rings. The van der Waals surface area contributed by atoms with E-state index in [1.54, 1.807) is 0 Å². The minimum atomic E-state index is 0.657. The quantitative estimate of drug-likeness (QED) is 0.632. The second-order valence-corrected chi connectivity index (χ2v) is 7.73. The third kappa shape index (κ3) is 4.09. The molecular formula is C20H28ClN7. The molecule has 0 spiro atoms. The average Bonchev–Trinajstić information content (AvgIpc) is 2.95. The molecule has 3 heterocycles. The van der Waals surface area contributed by atoms with Gasteiger partial charge in [-0.2, -0.15) is 0 Å². The molecule has 2 aliphatic heterocycles. The lowest BCUT2D eigenvalue weighted by Gasteiger charge is -2.38. The molecule has 8 heteroatoms. The van der Waals surface area contributed by atoms with Crippen molar-refractivity contribution in [2.24, 2.45) is 4.99 Å². The van der Waals surface area contributed by atoms with Gasteiger partial charge in [-0.25, -0.2) is 0 Å². The Hall–Kier alpha value is -2.28. The molecule has 0 atom stereocenters. The topological polar surface area (TPSA) is 61.6 Å². The average molecular weight is 402 g/mol. The van der Waals surface area contributed by atoms with Gasteiger partial charge in [-0.05, 0) is 25.0 Å². The molecule has 2 aromatic rings. The number of nitrogens with zero attached hydrogens (tertiary/aromatic N) is 6. The summed E-state index contributed by atoms with van der Waals surface area (Å²) < 4.78 is 2.28. The van der Waals surface area contributed by atoms with E-state index in [-0.39, 0.29) is 0 Å². The van der Waals surface area contributed by atoms with Crippen molar-refractivity contribution in [3.8, 4) is 0 Å². The lowest BCUT2D eigenvalue weighted by molar-refractivity contribution is 0.371. The van der Waals surface area contributed by atoms with Gasteiger partial charge in [-0.15, -0.1) is 10.2 Å². The van der Waals surface area contributed by atoms with Crippen LogP contribution >= 0.6 is 11.6 Å². The predicted octanol–water partition coefficient (Wildman–Crippen LogP) is 2.56. The highest BCUT2D eigenvalue weighted by Crippen LogP contribution is 2.26. The monoisotopic (exact) mass is 401 g/mol. The Kier molecular flexibility index (Phi) is 6.00. The molecule has 1 fully saturated rings. The largest absolute Gasteiger partial charge is 0.367 e. The number of aliphatic imine (C=N–C) groups is 1. The van der Waals surface area contributed by atoms with Crippen molar-refractivity contribution in [3.63, 3.8) is 0 Å². The third-order valence-electron chi connectivity index (χ3n) is 5.57. The Morgan fingerprint density at radius 3 is 2.68 bits per heavy atom. The summed E-state index contributed by atoms with van der Waals surface area (Å²) in [6.45, 7) is 5.33.